The molecule has 0 aliphatic carbocycles. The number of likely N-dealkylation sites (N-methyl/N-ethyl adjacent to an activating group) is 1. The number of pyridine rings is 1. The lowest BCUT2D eigenvalue weighted by Gasteiger charge is -2.03. The topological polar surface area (TPSA) is 71.8 Å². The first-order valence-corrected chi connectivity index (χ1v) is 6.06. The first-order valence-electron chi connectivity index (χ1n) is 6.06. The maximum Gasteiger partial charge on any atom is 0.241 e. The van der Waals surface area contributed by atoms with Crippen molar-refractivity contribution in [2.24, 2.45) is 0 Å². The molecule has 100 valence electrons. The van der Waals surface area contributed by atoms with E-state index in [4.69, 9.17) is 0 Å². The summed E-state index contributed by atoms with van der Waals surface area (Å²) in [4.78, 5) is 15.5. The number of carbonyl (C=O) groups excluding carboxylic acids is 1. The zero-order valence-electron chi connectivity index (χ0n) is 11.1. The highest BCUT2D eigenvalue weighted by Crippen LogP contribution is 2.07. The van der Waals surface area contributed by atoms with Crippen molar-refractivity contribution in [2.75, 3.05) is 12.4 Å². The Morgan fingerprint density at radius 3 is 2.89 bits per heavy atom. The monoisotopic (exact) mass is 259 g/mol. The van der Waals surface area contributed by atoms with Gasteiger partial charge in [0.05, 0.1) is 24.1 Å². The molecule has 0 fully saturated rings. The largest absolute Gasteiger partial charge is 0.377 e. The third kappa shape index (κ3) is 3.80. The number of anilines is 1. The Bertz CT molecular complexity index is 546. The maximum absolute atomic E-state index is 11.2. The number of hydrogen-bond donors (Lipinski definition) is 2. The molecular formula is C13H17N5O. The van der Waals surface area contributed by atoms with Gasteiger partial charge in [-0.25, -0.2) is 0 Å². The minimum absolute atomic E-state index is 0.0742. The molecule has 6 nitrogen and oxygen atoms in total. The summed E-state index contributed by atoms with van der Waals surface area (Å²) >= 11 is 0. The number of nitrogens with zero attached hydrogens (tertiary/aromatic N) is 3. The van der Waals surface area contributed by atoms with Gasteiger partial charge in [-0.1, -0.05) is 6.07 Å². The van der Waals surface area contributed by atoms with Crippen molar-refractivity contribution in [3.05, 3.63) is 42.0 Å². The number of rotatable bonds is 5. The molecule has 2 rings (SSSR count). The Hall–Kier alpha value is -2.37. The van der Waals surface area contributed by atoms with E-state index < -0.39 is 0 Å². The number of aromatic nitrogens is 3. The Balaban J connectivity index is 1.89. The van der Waals surface area contributed by atoms with Crippen LogP contribution < -0.4 is 10.6 Å². The summed E-state index contributed by atoms with van der Waals surface area (Å²) in [6, 6.07) is 4.01. The quantitative estimate of drug-likeness (QED) is 0.838. The molecule has 2 aromatic heterocycles. The smallest absolute Gasteiger partial charge is 0.241 e. The second-order valence-corrected chi connectivity index (χ2v) is 4.28. The van der Waals surface area contributed by atoms with Gasteiger partial charge in [-0.3, -0.25) is 14.5 Å². The van der Waals surface area contributed by atoms with Crippen molar-refractivity contribution in [3.8, 4) is 0 Å². The molecule has 0 unspecified atom stereocenters. The third-order valence-corrected chi connectivity index (χ3v) is 2.66. The molecule has 19 heavy (non-hydrogen) atoms. The van der Waals surface area contributed by atoms with E-state index in [2.05, 4.69) is 20.7 Å². The Kier molecular flexibility index (Phi) is 4.12. The van der Waals surface area contributed by atoms with Crippen molar-refractivity contribution < 1.29 is 4.79 Å². The molecule has 0 saturated carbocycles. The van der Waals surface area contributed by atoms with Gasteiger partial charge in [-0.05, 0) is 18.6 Å². The molecule has 0 saturated heterocycles. The van der Waals surface area contributed by atoms with Gasteiger partial charge >= 0.3 is 0 Å². The lowest BCUT2D eigenvalue weighted by molar-refractivity contribution is -0.121. The summed E-state index contributed by atoms with van der Waals surface area (Å²) in [5.74, 6) is -0.0742. The van der Waals surface area contributed by atoms with E-state index in [1.165, 1.54) is 0 Å². The van der Waals surface area contributed by atoms with Crippen LogP contribution in [0.4, 0.5) is 5.69 Å². The van der Waals surface area contributed by atoms with Crippen LogP contribution in [0, 0.1) is 6.92 Å². The number of carbonyl (C=O) groups is 1. The summed E-state index contributed by atoms with van der Waals surface area (Å²) in [6.45, 7) is 2.86. The maximum atomic E-state index is 11.2. The molecule has 2 heterocycles. The van der Waals surface area contributed by atoms with E-state index in [1.54, 1.807) is 24.1 Å². The Morgan fingerprint density at radius 2 is 2.21 bits per heavy atom. The molecule has 0 aromatic carbocycles. The molecule has 0 aliphatic rings. The second kappa shape index (κ2) is 5.99. The van der Waals surface area contributed by atoms with Gasteiger partial charge in [0.25, 0.3) is 0 Å². The standard InChI is InChI=1S/C13H17N5O/c1-10-3-4-11(15-5-10)6-16-12-7-17-18(8-12)9-13(19)14-2/h3-5,7-8,16H,6,9H2,1-2H3,(H,14,19). The molecule has 0 aliphatic heterocycles. The van der Waals surface area contributed by atoms with Crippen molar-refractivity contribution in [1.29, 1.82) is 0 Å². The number of hydrogen-bond acceptors (Lipinski definition) is 4. The molecule has 1 amide bonds. The van der Waals surface area contributed by atoms with E-state index in [9.17, 15) is 4.79 Å². The van der Waals surface area contributed by atoms with Gasteiger partial charge in [0.1, 0.15) is 6.54 Å². The summed E-state index contributed by atoms with van der Waals surface area (Å²) in [5, 5.41) is 9.87. The molecular weight excluding hydrogens is 242 g/mol. The second-order valence-electron chi connectivity index (χ2n) is 4.28. The molecule has 6 heteroatoms. The van der Waals surface area contributed by atoms with Gasteiger partial charge in [0.15, 0.2) is 0 Å². The fourth-order valence-corrected chi connectivity index (χ4v) is 1.56. The minimum Gasteiger partial charge on any atom is -0.377 e. The summed E-state index contributed by atoms with van der Waals surface area (Å²) < 4.78 is 1.59. The Labute approximate surface area is 111 Å². The lowest BCUT2D eigenvalue weighted by Crippen LogP contribution is -2.23. The van der Waals surface area contributed by atoms with Crippen molar-refractivity contribution in [3.63, 3.8) is 0 Å². The van der Waals surface area contributed by atoms with Crippen LogP contribution in [-0.4, -0.2) is 27.7 Å². The molecule has 0 bridgehead atoms. The lowest BCUT2D eigenvalue weighted by atomic mass is 10.3. The van der Waals surface area contributed by atoms with E-state index in [0.717, 1.165) is 16.9 Å². The average molecular weight is 259 g/mol. The molecule has 0 atom stereocenters. The van der Waals surface area contributed by atoms with E-state index in [1.807, 2.05) is 25.3 Å². The minimum atomic E-state index is -0.0742. The normalized spacial score (nSPS) is 10.2. The summed E-state index contributed by atoms with van der Waals surface area (Å²) in [7, 11) is 1.61. The van der Waals surface area contributed by atoms with Gasteiger partial charge in [-0.15, -0.1) is 0 Å². The third-order valence-electron chi connectivity index (χ3n) is 2.66. The van der Waals surface area contributed by atoms with Gasteiger partial charge < -0.3 is 10.6 Å². The highest BCUT2D eigenvalue weighted by atomic mass is 16.1. The van der Waals surface area contributed by atoms with Crippen LogP contribution in [0.3, 0.4) is 0 Å². The van der Waals surface area contributed by atoms with Crippen LogP contribution in [0.5, 0.6) is 0 Å². The van der Waals surface area contributed by atoms with Crippen molar-refractivity contribution in [1.82, 2.24) is 20.1 Å². The first-order chi connectivity index (χ1) is 9.17. The highest BCUT2D eigenvalue weighted by molar-refractivity contribution is 5.75. The average Bonchev–Trinajstić information content (AvgIpc) is 2.85. The fourth-order valence-electron chi connectivity index (χ4n) is 1.56. The Morgan fingerprint density at radius 1 is 1.37 bits per heavy atom. The van der Waals surface area contributed by atoms with E-state index in [0.29, 0.717) is 6.54 Å². The van der Waals surface area contributed by atoms with Crippen LogP contribution in [-0.2, 0) is 17.9 Å². The van der Waals surface area contributed by atoms with Gasteiger partial charge in [0.2, 0.25) is 5.91 Å². The van der Waals surface area contributed by atoms with Gasteiger partial charge in [-0.2, -0.15) is 5.10 Å². The zero-order valence-corrected chi connectivity index (χ0v) is 11.1. The van der Waals surface area contributed by atoms with Crippen LogP contribution >= 0.6 is 0 Å². The van der Waals surface area contributed by atoms with Crippen LogP contribution in [0.2, 0.25) is 0 Å². The summed E-state index contributed by atoms with van der Waals surface area (Å²) in [5.41, 5.74) is 2.97. The van der Waals surface area contributed by atoms with E-state index in [-0.39, 0.29) is 12.5 Å². The van der Waals surface area contributed by atoms with Gasteiger partial charge in [0, 0.05) is 19.4 Å². The number of amides is 1. The number of aryl methyl sites for hydroxylation is 1. The van der Waals surface area contributed by atoms with Crippen molar-refractivity contribution in [2.45, 2.75) is 20.0 Å². The first kappa shape index (κ1) is 13.1. The van der Waals surface area contributed by atoms with E-state index >= 15 is 0 Å². The van der Waals surface area contributed by atoms with Crippen LogP contribution in [0.25, 0.3) is 0 Å². The highest BCUT2D eigenvalue weighted by Gasteiger charge is 2.02. The predicted octanol–water partition coefficient (Wildman–Crippen LogP) is 0.945. The molecule has 0 radical (unpaired) electrons. The zero-order chi connectivity index (χ0) is 13.7. The SMILES string of the molecule is CNC(=O)Cn1cc(NCc2ccc(C)cn2)cn1. The number of nitrogens with one attached hydrogen (secondary N) is 2. The van der Waals surface area contributed by atoms with Crippen LogP contribution in [0.1, 0.15) is 11.3 Å². The van der Waals surface area contributed by atoms with Crippen LogP contribution in [0.15, 0.2) is 30.7 Å². The predicted molar refractivity (Wildman–Crippen MR) is 72.6 cm³/mol. The summed E-state index contributed by atoms with van der Waals surface area (Å²) in [6.07, 6.45) is 5.33. The molecule has 2 aromatic rings. The molecule has 2 N–H and O–H groups in total. The van der Waals surface area contributed by atoms with Crippen molar-refractivity contribution >= 4 is 11.6 Å². The fraction of sp³-hybridized carbons (Fsp3) is 0.308. The molecule has 0 spiro atoms.